The lowest BCUT2D eigenvalue weighted by Gasteiger charge is -2.11. The van der Waals surface area contributed by atoms with Crippen LogP contribution in [0, 0.1) is 0 Å². The molecule has 1 aromatic carbocycles. The van der Waals surface area contributed by atoms with Gasteiger partial charge in [0, 0.05) is 17.7 Å². The van der Waals surface area contributed by atoms with Crippen LogP contribution in [0.5, 0.6) is 0 Å². The number of nitrogens with one attached hydrogen (secondary N) is 2. The van der Waals surface area contributed by atoms with E-state index >= 15 is 0 Å². The van der Waals surface area contributed by atoms with Crippen LogP contribution in [0.3, 0.4) is 0 Å². The standard InChI is InChI=1S/C13H15FN2O4/c1-2-11(17)15-9-5-3-4-8(6-9)12(18)16-10(7-14)13(19)20/h3-6,10H,2,7H2,1H3,(H,15,17)(H,16,18)(H,19,20). The summed E-state index contributed by atoms with van der Waals surface area (Å²) < 4.78 is 12.4. The first-order chi connectivity index (χ1) is 9.47. The van der Waals surface area contributed by atoms with Crippen LogP contribution in [0.4, 0.5) is 10.1 Å². The Morgan fingerprint density at radius 2 is 2.05 bits per heavy atom. The summed E-state index contributed by atoms with van der Waals surface area (Å²) in [5, 5.41) is 13.3. The Balaban J connectivity index is 2.80. The van der Waals surface area contributed by atoms with Crippen LogP contribution in [0.2, 0.25) is 0 Å². The van der Waals surface area contributed by atoms with Gasteiger partial charge in [-0.2, -0.15) is 0 Å². The Bertz CT molecular complexity index is 519. The van der Waals surface area contributed by atoms with E-state index in [1.165, 1.54) is 18.2 Å². The Morgan fingerprint density at radius 3 is 2.60 bits per heavy atom. The molecule has 0 bridgehead atoms. The van der Waals surface area contributed by atoms with Gasteiger partial charge in [0.25, 0.3) is 5.91 Å². The third-order valence-corrected chi connectivity index (χ3v) is 2.49. The van der Waals surface area contributed by atoms with Crippen molar-refractivity contribution < 1.29 is 23.9 Å². The Labute approximate surface area is 115 Å². The highest BCUT2D eigenvalue weighted by Crippen LogP contribution is 2.11. The molecule has 0 saturated heterocycles. The molecule has 0 spiro atoms. The second-order valence-corrected chi connectivity index (χ2v) is 4.00. The number of carbonyl (C=O) groups is 3. The maximum atomic E-state index is 12.4. The number of hydrogen-bond donors (Lipinski definition) is 3. The fraction of sp³-hybridized carbons (Fsp3) is 0.308. The topological polar surface area (TPSA) is 95.5 Å². The molecule has 1 aromatic rings. The third kappa shape index (κ3) is 4.34. The molecular weight excluding hydrogens is 267 g/mol. The van der Waals surface area contributed by atoms with E-state index in [1.54, 1.807) is 13.0 Å². The number of amides is 2. The van der Waals surface area contributed by atoms with E-state index in [0.717, 1.165) is 0 Å². The summed E-state index contributed by atoms with van der Waals surface area (Å²) in [5.74, 6) is -2.38. The smallest absolute Gasteiger partial charge is 0.328 e. The predicted octanol–water partition coefficient (Wildman–Crippen LogP) is 1.19. The van der Waals surface area contributed by atoms with E-state index in [1.807, 2.05) is 0 Å². The number of carboxylic acid groups (broad SMARTS) is 1. The van der Waals surface area contributed by atoms with Gasteiger partial charge in [-0.15, -0.1) is 0 Å². The molecule has 6 nitrogen and oxygen atoms in total. The first-order valence-electron chi connectivity index (χ1n) is 5.97. The summed E-state index contributed by atoms with van der Waals surface area (Å²) in [6, 6.07) is 4.37. The zero-order valence-electron chi connectivity index (χ0n) is 10.9. The number of carbonyl (C=O) groups excluding carboxylic acids is 2. The van der Waals surface area contributed by atoms with Crippen molar-refractivity contribution in [1.82, 2.24) is 5.32 Å². The van der Waals surface area contributed by atoms with Crippen LogP contribution in [0.1, 0.15) is 23.7 Å². The summed E-state index contributed by atoms with van der Waals surface area (Å²) in [6.07, 6.45) is 0.291. The summed E-state index contributed by atoms with van der Waals surface area (Å²) >= 11 is 0. The van der Waals surface area contributed by atoms with Gasteiger partial charge < -0.3 is 15.7 Å². The molecule has 0 aliphatic carbocycles. The fourth-order valence-corrected chi connectivity index (χ4v) is 1.40. The minimum atomic E-state index is -1.59. The van der Waals surface area contributed by atoms with Crippen LogP contribution in [0.15, 0.2) is 24.3 Å². The molecule has 3 N–H and O–H groups in total. The molecule has 20 heavy (non-hydrogen) atoms. The van der Waals surface area contributed by atoms with E-state index < -0.39 is 24.6 Å². The maximum absolute atomic E-state index is 12.4. The predicted molar refractivity (Wildman–Crippen MR) is 70.2 cm³/mol. The summed E-state index contributed by atoms with van der Waals surface area (Å²) in [4.78, 5) is 33.6. The highest BCUT2D eigenvalue weighted by atomic mass is 19.1. The normalized spacial score (nSPS) is 11.5. The van der Waals surface area contributed by atoms with E-state index in [4.69, 9.17) is 5.11 Å². The van der Waals surface area contributed by atoms with Crippen molar-refractivity contribution >= 4 is 23.5 Å². The minimum Gasteiger partial charge on any atom is -0.480 e. The highest BCUT2D eigenvalue weighted by Gasteiger charge is 2.20. The molecule has 7 heteroatoms. The van der Waals surface area contributed by atoms with Crippen LogP contribution in [-0.4, -0.2) is 35.6 Å². The lowest BCUT2D eigenvalue weighted by atomic mass is 10.1. The van der Waals surface area contributed by atoms with E-state index in [2.05, 4.69) is 10.6 Å². The zero-order valence-corrected chi connectivity index (χ0v) is 10.9. The van der Waals surface area contributed by atoms with Crippen molar-refractivity contribution in [3.05, 3.63) is 29.8 Å². The number of rotatable bonds is 6. The molecule has 108 valence electrons. The number of benzene rings is 1. The quantitative estimate of drug-likeness (QED) is 0.730. The zero-order chi connectivity index (χ0) is 15.1. The SMILES string of the molecule is CCC(=O)Nc1cccc(C(=O)NC(CF)C(=O)O)c1. The van der Waals surface area contributed by atoms with Crippen LogP contribution < -0.4 is 10.6 Å². The molecule has 1 atom stereocenters. The summed E-state index contributed by atoms with van der Waals surface area (Å²) in [7, 11) is 0. The number of halogens is 1. The van der Waals surface area contributed by atoms with Crippen molar-refractivity contribution in [3.8, 4) is 0 Å². The third-order valence-electron chi connectivity index (χ3n) is 2.49. The monoisotopic (exact) mass is 282 g/mol. The van der Waals surface area contributed by atoms with Gasteiger partial charge in [-0.3, -0.25) is 9.59 Å². The second-order valence-electron chi connectivity index (χ2n) is 4.00. The molecule has 2 amide bonds. The number of hydrogen-bond acceptors (Lipinski definition) is 3. The number of aliphatic carboxylic acids is 1. The largest absolute Gasteiger partial charge is 0.480 e. The second kappa shape index (κ2) is 7.22. The van der Waals surface area contributed by atoms with Gasteiger partial charge in [-0.05, 0) is 18.2 Å². The van der Waals surface area contributed by atoms with Gasteiger partial charge in [0.15, 0.2) is 6.04 Å². The van der Waals surface area contributed by atoms with Gasteiger partial charge in [0.1, 0.15) is 6.67 Å². The van der Waals surface area contributed by atoms with Crippen molar-refractivity contribution in [2.24, 2.45) is 0 Å². The van der Waals surface area contributed by atoms with Gasteiger partial charge >= 0.3 is 5.97 Å². The van der Waals surface area contributed by atoms with Crippen molar-refractivity contribution in [1.29, 1.82) is 0 Å². The highest BCUT2D eigenvalue weighted by molar-refractivity contribution is 5.98. The first kappa shape index (κ1) is 15.6. The minimum absolute atomic E-state index is 0.138. The van der Waals surface area contributed by atoms with Gasteiger partial charge in [-0.25, -0.2) is 9.18 Å². The number of alkyl halides is 1. The lowest BCUT2D eigenvalue weighted by Crippen LogP contribution is -2.42. The molecule has 0 heterocycles. The maximum Gasteiger partial charge on any atom is 0.328 e. The van der Waals surface area contributed by atoms with Gasteiger partial charge in [-0.1, -0.05) is 13.0 Å². The summed E-state index contributed by atoms with van der Waals surface area (Å²) in [6.45, 7) is 0.484. The molecule has 0 aliphatic rings. The van der Waals surface area contributed by atoms with Crippen molar-refractivity contribution in [2.45, 2.75) is 19.4 Å². The van der Waals surface area contributed by atoms with Crippen LogP contribution in [-0.2, 0) is 9.59 Å². The molecule has 0 saturated carbocycles. The van der Waals surface area contributed by atoms with Crippen LogP contribution in [0.25, 0.3) is 0 Å². The fourth-order valence-electron chi connectivity index (χ4n) is 1.40. The Morgan fingerprint density at radius 1 is 1.35 bits per heavy atom. The molecule has 0 radical (unpaired) electrons. The van der Waals surface area contributed by atoms with E-state index in [0.29, 0.717) is 12.1 Å². The molecule has 0 fully saturated rings. The van der Waals surface area contributed by atoms with Gasteiger partial charge in [0.05, 0.1) is 0 Å². The van der Waals surface area contributed by atoms with Crippen LogP contribution >= 0.6 is 0 Å². The molecule has 1 unspecified atom stereocenters. The lowest BCUT2D eigenvalue weighted by molar-refractivity contribution is -0.139. The number of carboxylic acids is 1. The summed E-state index contributed by atoms with van der Waals surface area (Å²) in [5.41, 5.74) is 0.551. The average Bonchev–Trinajstić information content (AvgIpc) is 2.44. The van der Waals surface area contributed by atoms with Crippen molar-refractivity contribution in [2.75, 3.05) is 12.0 Å². The van der Waals surface area contributed by atoms with E-state index in [9.17, 15) is 18.8 Å². The van der Waals surface area contributed by atoms with Crippen molar-refractivity contribution in [3.63, 3.8) is 0 Å². The number of anilines is 1. The van der Waals surface area contributed by atoms with E-state index in [-0.39, 0.29) is 11.5 Å². The Hall–Kier alpha value is -2.44. The Kier molecular flexibility index (Phi) is 5.64. The average molecular weight is 282 g/mol. The molecule has 1 rings (SSSR count). The molecule has 0 aromatic heterocycles. The molecule has 0 aliphatic heterocycles. The van der Waals surface area contributed by atoms with Gasteiger partial charge in [0.2, 0.25) is 5.91 Å². The first-order valence-corrected chi connectivity index (χ1v) is 5.97. The molecular formula is C13H15FN2O4.